The van der Waals surface area contributed by atoms with Crippen molar-refractivity contribution in [2.45, 2.75) is 97.7 Å². The Bertz CT molecular complexity index is 923. The first-order valence-electron chi connectivity index (χ1n) is 13.4. The van der Waals surface area contributed by atoms with E-state index in [-0.39, 0.29) is 0 Å². The first kappa shape index (κ1) is 23.9. The van der Waals surface area contributed by atoms with Crippen LogP contribution in [0.1, 0.15) is 82.9 Å². The number of hydrogen-bond acceptors (Lipinski definition) is 2. The summed E-state index contributed by atoms with van der Waals surface area (Å²) in [5, 5.41) is 4.12. The van der Waals surface area contributed by atoms with Gasteiger partial charge in [0.2, 0.25) is 0 Å². The molecular formula is C31H44N2. The molecule has 0 amide bonds. The monoisotopic (exact) mass is 444 g/mol. The van der Waals surface area contributed by atoms with Gasteiger partial charge >= 0.3 is 0 Å². The van der Waals surface area contributed by atoms with E-state index < -0.39 is 0 Å². The van der Waals surface area contributed by atoms with Gasteiger partial charge in [0.05, 0.1) is 11.4 Å². The molecule has 2 nitrogen and oxygen atoms in total. The largest absolute Gasteiger partial charge is 0.363 e. The summed E-state index contributed by atoms with van der Waals surface area (Å²) in [6.07, 6.45) is 11.4. The van der Waals surface area contributed by atoms with Crippen molar-refractivity contribution in [2.24, 2.45) is 11.8 Å². The van der Waals surface area contributed by atoms with Crippen LogP contribution in [0.4, 0.5) is 11.4 Å². The zero-order chi connectivity index (χ0) is 23.4. The second-order valence-electron chi connectivity index (χ2n) is 10.9. The second kappa shape index (κ2) is 10.8. The Kier molecular flexibility index (Phi) is 7.83. The van der Waals surface area contributed by atoms with Crippen molar-refractivity contribution in [3.63, 3.8) is 0 Å². The average Bonchev–Trinajstić information content (AvgIpc) is 3.19. The summed E-state index contributed by atoms with van der Waals surface area (Å²) in [6, 6.07) is 16.3. The van der Waals surface area contributed by atoms with Gasteiger partial charge in [0.25, 0.3) is 0 Å². The van der Waals surface area contributed by atoms with Crippen LogP contribution in [0.15, 0.2) is 54.6 Å². The van der Waals surface area contributed by atoms with Crippen molar-refractivity contribution in [1.29, 1.82) is 0 Å². The van der Waals surface area contributed by atoms with Crippen LogP contribution in [0.2, 0.25) is 0 Å². The molecule has 1 N–H and O–H groups in total. The molecule has 1 aliphatic heterocycles. The van der Waals surface area contributed by atoms with Gasteiger partial charge in [-0.3, -0.25) is 0 Å². The minimum Gasteiger partial charge on any atom is -0.363 e. The summed E-state index contributed by atoms with van der Waals surface area (Å²) in [5.41, 5.74) is 8.63. The minimum atomic E-state index is 0.409. The molecule has 2 aromatic rings. The molecule has 178 valence electrons. The summed E-state index contributed by atoms with van der Waals surface area (Å²) < 4.78 is 0. The third-order valence-electron chi connectivity index (χ3n) is 7.93. The Labute approximate surface area is 202 Å². The van der Waals surface area contributed by atoms with Crippen LogP contribution < -0.4 is 10.2 Å². The third-order valence-corrected chi connectivity index (χ3v) is 7.93. The predicted octanol–water partition coefficient (Wildman–Crippen LogP) is 8.16. The lowest BCUT2D eigenvalue weighted by molar-refractivity contribution is 0.257. The van der Waals surface area contributed by atoms with Gasteiger partial charge in [0.1, 0.15) is 6.17 Å². The zero-order valence-electron chi connectivity index (χ0n) is 21.4. The Hall–Kier alpha value is -2.22. The highest BCUT2D eigenvalue weighted by Gasteiger charge is 2.39. The van der Waals surface area contributed by atoms with Gasteiger partial charge in [-0.25, -0.2) is 0 Å². The van der Waals surface area contributed by atoms with Crippen LogP contribution in [0.25, 0.3) is 0 Å². The van der Waals surface area contributed by atoms with Crippen molar-refractivity contribution in [2.75, 3.05) is 10.2 Å². The zero-order valence-corrected chi connectivity index (χ0v) is 21.4. The molecule has 2 aromatic carbocycles. The number of aryl methyl sites for hydroxylation is 1. The fourth-order valence-corrected chi connectivity index (χ4v) is 6.06. The number of allylic oxidation sites excluding steroid dienone is 1. The molecule has 1 heterocycles. The maximum absolute atomic E-state index is 4.19. The Morgan fingerprint density at radius 1 is 1.06 bits per heavy atom. The molecule has 0 spiro atoms. The highest BCUT2D eigenvalue weighted by atomic mass is 15.3. The van der Waals surface area contributed by atoms with E-state index in [4.69, 9.17) is 0 Å². The van der Waals surface area contributed by atoms with E-state index in [0.29, 0.717) is 12.2 Å². The first-order chi connectivity index (χ1) is 16.0. The summed E-state index contributed by atoms with van der Waals surface area (Å²) >= 11 is 0. The lowest BCUT2D eigenvalue weighted by atomic mass is 9.81. The second-order valence-corrected chi connectivity index (χ2v) is 10.9. The van der Waals surface area contributed by atoms with Gasteiger partial charge in [-0.2, -0.15) is 0 Å². The molecule has 2 atom stereocenters. The quantitative estimate of drug-likeness (QED) is 0.392. The van der Waals surface area contributed by atoms with Crippen LogP contribution in [0, 0.1) is 11.8 Å². The van der Waals surface area contributed by atoms with Gasteiger partial charge in [-0.05, 0) is 87.0 Å². The average molecular weight is 445 g/mol. The van der Waals surface area contributed by atoms with E-state index in [1.807, 2.05) is 0 Å². The van der Waals surface area contributed by atoms with Crippen molar-refractivity contribution >= 4 is 11.4 Å². The first-order valence-corrected chi connectivity index (χ1v) is 13.4. The summed E-state index contributed by atoms with van der Waals surface area (Å²) in [7, 11) is 0. The van der Waals surface area contributed by atoms with Crippen LogP contribution in [0.3, 0.4) is 0 Å². The molecule has 0 aromatic heterocycles. The lowest BCUT2D eigenvalue weighted by Gasteiger charge is -2.40. The van der Waals surface area contributed by atoms with Gasteiger partial charge in [0.15, 0.2) is 0 Å². The van der Waals surface area contributed by atoms with Crippen molar-refractivity contribution in [3.05, 3.63) is 71.3 Å². The maximum Gasteiger partial charge on any atom is 0.102 e. The molecule has 0 saturated heterocycles. The lowest BCUT2D eigenvalue weighted by Crippen LogP contribution is -2.48. The minimum absolute atomic E-state index is 0.409. The maximum atomic E-state index is 4.19. The standard InChI is InChI=1S/C31H44N2/c1-6-10-26-18-20-29-30(28(26)19-13-22(2)3)32-31(27-16-14-23(4)15-17-27)33(29)24(5)21-25-11-8-7-9-12-25/h7-9,11-12,18,20,23-24,27,31-32H,2,6,10,13-17,19,21H2,1,3-5H3/t23-,24-,27-,31?/m0/s1. The van der Waals surface area contributed by atoms with E-state index in [2.05, 4.69) is 87.0 Å². The predicted molar refractivity (Wildman–Crippen MR) is 144 cm³/mol. The van der Waals surface area contributed by atoms with Crippen LogP contribution >= 0.6 is 0 Å². The highest BCUT2D eigenvalue weighted by molar-refractivity contribution is 5.81. The molecule has 1 unspecified atom stereocenters. The van der Waals surface area contributed by atoms with Gasteiger partial charge in [-0.1, -0.05) is 75.1 Å². The normalized spacial score (nSPS) is 23.2. The molecule has 1 saturated carbocycles. The molecule has 4 rings (SSSR count). The summed E-state index contributed by atoms with van der Waals surface area (Å²) in [5.74, 6) is 1.60. The topological polar surface area (TPSA) is 15.3 Å². The number of nitrogens with one attached hydrogen (secondary N) is 1. The Morgan fingerprint density at radius 3 is 2.45 bits per heavy atom. The SMILES string of the molecule is C=C(C)CCc1c(CCC)ccc2c1NC([C@H]1CC[C@H](C)CC1)N2[C@@H](C)Cc1ccccc1. The van der Waals surface area contributed by atoms with Crippen molar-refractivity contribution < 1.29 is 0 Å². The molecule has 1 fully saturated rings. The number of fused-ring (bicyclic) bond motifs is 1. The smallest absolute Gasteiger partial charge is 0.102 e. The number of nitrogens with zero attached hydrogens (tertiary/aromatic N) is 1. The highest BCUT2D eigenvalue weighted by Crippen LogP contribution is 2.46. The van der Waals surface area contributed by atoms with Gasteiger partial charge in [0, 0.05) is 6.04 Å². The Balaban J connectivity index is 1.70. The molecule has 2 heteroatoms. The fourth-order valence-electron chi connectivity index (χ4n) is 6.06. The number of hydrogen-bond donors (Lipinski definition) is 1. The number of benzene rings is 2. The van der Waals surface area contributed by atoms with E-state index in [1.54, 1.807) is 5.56 Å². The van der Waals surface area contributed by atoms with Crippen LogP contribution in [-0.4, -0.2) is 12.2 Å². The van der Waals surface area contributed by atoms with E-state index in [0.717, 1.165) is 37.5 Å². The molecule has 0 bridgehead atoms. The molecule has 0 radical (unpaired) electrons. The van der Waals surface area contributed by atoms with Gasteiger partial charge in [-0.15, -0.1) is 6.58 Å². The fraction of sp³-hybridized carbons (Fsp3) is 0.548. The molecule has 1 aliphatic carbocycles. The van der Waals surface area contributed by atoms with Crippen LogP contribution in [-0.2, 0) is 19.3 Å². The summed E-state index contributed by atoms with van der Waals surface area (Å²) in [6.45, 7) is 13.5. The third kappa shape index (κ3) is 5.48. The summed E-state index contributed by atoms with van der Waals surface area (Å²) in [4.78, 5) is 2.75. The van der Waals surface area contributed by atoms with Gasteiger partial charge < -0.3 is 10.2 Å². The van der Waals surface area contributed by atoms with E-state index in [9.17, 15) is 0 Å². The van der Waals surface area contributed by atoms with E-state index in [1.165, 1.54) is 60.2 Å². The van der Waals surface area contributed by atoms with Crippen LogP contribution in [0.5, 0.6) is 0 Å². The van der Waals surface area contributed by atoms with Crippen molar-refractivity contribution in [3.8, 4) is 0 Å². The number of rotatable bonds is 9. The van der Waals surface area contributed by atoms with E-state index >= 15 is 0 Å². The molecule has 2 aliphatic rings. The Morgan fingerprint density at radius 2 is 1.79 bits per heavy atom. The van der Waals surface area contributed by atoms with Crippen molar-refractivity contribution in [1.82, 2.24) is 0 Å². The molecular weight excluding hydrogens is 400 g/mol. The number of anilines is 2. The molecule has 33 heavy (non-hydrogen) atoms.